The molecule has 0 aliphatic carbocycles. The van der Waals surface area contributed by atoms with E-state index in [0.29, 0.717) is 5.75 Å². The highest BCUT2D eigenvalue weighted by Gasteiger charge is 2.13. The Kier molecular flexibility index (Phi) is 5.53. The molecular weight excluding hydrogens is 302 g/mol. The van der Waals surface area contributed by atoms with Gasteiger partial charge in [-0.05, 0) is 54.2 Å². The number of nitrogens with one attached hydrogen (secondary N) is 1. The van der Waals surface area contributed by atoms with Crippen molar-refractivity contribution < 1.29 is 4.79 Å². The number of hydrogen-bond acceptors (Lipinski definition) is 2. The standard InChI is InChI=1S/C20H25NOS/c1-14-7-6-8-18(15(14)2)21-19(22)13-23-17-11-9-16(10-12-17)20(3,4)5/h6-12H,13H2,1-5H3,(H,21,22). The van der Waals surface area contributed by atoms with Crippen LogP contribution in [0.1, 0.15) is 37.5 Å². The third kappa shape index (κ3) is 4.87. The highest BCUT2D eigenvalue weighted by molar-refractivity contribution is 8.00. The van der Waals surface area contributed by atoms with Crippen LogP contribution in [0.15, 0.2) is 47.4 Å². The van der Waals surface area contributed by atoms with Crippen molar-refractivity contribution in [2.24, 2.45) is 0 Å². The number of carbonyl (C=O) groups excluding carboxylic acids is 1. The highest BCUT2D eigenvalue weighted by atomic mass is 32.2. The van der Waals surface area contributed by atoms with Crippen LogP contribution in [0.4, 0.5) is 5.69 Å². The summed E-state index contributed by atoms with van der Waals surface area (Å²) in [5.74, 6) is 0.450. The molecule has 0 unspecified atom stereocenters. The van der Waals surface area contributed by atoms with Crippen LogP contribution in [0.3, 0.4) is 0 Å². The number of carbonyl (C=O) groups is 1. The number of aryl methyl sites for hydroxylation is 1. The second-order valence-corrected chi connectivity index (χ2v) is 7.91. The Bertz CT molecular complexity index is 684. The molecule has 2 aromatic rings. The lowest BCUT2D eigenvalue weighted by Gasteiger charge is -2.19. The second-order valence-electron chi connectivity index (χ2n) is 6.86. The van der Waals surface area contributed by atoms with Gasteiger partial charge in [0.2, 0.25) is 5.91 Å². The summed E-state index contributed by atoms with van der Waals surface area (Å²) in [6.07, 6.45) is 0. The van der Waals surface area contributed by atoms with Crippen LogP contribution < -0.4 is 5.32 Å². The maximum atomic E-state index is 12.1. The van der Waals surface area contributed by atoms with Gasteiger partial charge in [-0.1, -0.05) is 45.0 Å². The molecule has 0 aliphatic heterocycles. The van der Waals surface area contributed by atoms with E-state index in [1.54, 1.807) is 11.8 Å². The third-order valence-corrected chi connectivity index (χ3v) is 4.98. The van der Waals surface area contributed by atoms with Gasteiger partial charge in [0, 0.05) is 10.6 Å². The van der Waals surface area contributed by atoms with Gasteiger partial charge in [0.05, 0.1) is 5.75 Å². The first-order valence-corrected chi connectivity index (χ1v) is 8.85. The number of rotatable bonds is 4. The number of amides is 1. The maximum absolute atomic E-state index is 12.1. The fraction of sp³-hybridized carbons (Fsp3) is 0.350. The largest absolute Gasteiger partial charge is 0.325 e. The monoisotopic (exact) mass is 327 g/mol. The normalized spacial score (nSPS) is 11.3. The molecule has 0 aliphatic rings. The lowest BCUT2D eigenvalue weighted by atomic mass is 9.87. The Balaban J connectivity index is 1.93. The zero-order valence-electron chi connectivity index (χ0n) is 14.6. The fourth-order valence-corrected chi connectivity index (χ4v) is 2.97. The topological polar surface area (TPSA) is 29.1 Å². The van der Waals surface area contributed by atoms with E-state index in [9.17, 15) is 4.79 Å². The van der Waals surface area contributed by atoms with Crippen LogP contribution in [-0.2, 0) is 10.2 Å². The molecule has 23 heavy (non-hydrogen) atoms. The predicted octanol–water partition coefficient (Wildman–Crippen LogP) is 5.33. The molecule has 1 N–H and O–H groups in total. The van der Waals surface area contributed by atoms with Crippen molar-refractivity contribution in [1.29, 1.82) is 0 Å². The summed E-state index contributed by atoms with van der Waals surface area (Å²) in [5, 5.41) is 3.00. The molecule has 0 fully saturated rings. The van der Waals surface area contributed by atoms with Gasteiger partial charge in [-0.3, -0.25) is 4.79 Å². The van der Waals surface area contributed by atoms with Crippen molar-refractivity contribution in [3.05, 3.63) is 59.2 Å². The third-order valence-electron chi connectivity index (χ3n) is 3.97. The van der Waals surface area contributed by atoms with E-state index in [0.717, 1.165) is 16.1 Å². The minimum absolute atomic E-state index is 0.0311. The Labute approximate surface area is 143 Å². The van der Waals surface area contributed by atoms with Crippen LogP contribution in [0.25, 0.3) is 0 Å². The van der Waals surface area contributed by atoms with Crippen LogP contribution in [0.2, 0.25) is 0 Å². The average Bonchev–Trinajstić information content (AvgIpc) is 2.49. The van der Waals surface area contributed by atoms with E-state index in [4.69, 9.17) is 0 Å². The molecule has 1 amide bonds. The van der Waals surface area contributed by atoms with E-state index in [1.807, 2.05) is 19.1 Å². The molecule has 2 nitrogen and oxygen atoms in total. The van der Waals surface area contributed by atoms with Gasteiger partial charge in [0.15, 0.2) is 0 Å². The number of benzene rings is 2. The van der Waals surface area contributed by atoms with E-state index in [-0.39, 0.29) is 11.3 Å². The molecule has 0 aromatic heterocycles. The van der Waals surface area contributed by atoms with E-state index < -0.39 is 0 Å². The first kappa shape index (κ1) is 17.6. The van der Waals surface area contributed by atoms with E-state index >= 15 is 0 Å². The van der Waals surface area contributed by atoms with Crippen molar-refractivity contribution in [3.8, 4) is 0 Å². The van der Waals surface area contributed by atoms with Gasteiger partial charge in [-0.25, -0.2) is 0 Å². The van der Waals surface area contributed by atoms with E-state index in [2.05, 4.69) is 63.3 Å². The summed E-state index contributed by atoms with van der Waals surface area (Å²) in [6, 6.07) is 14.4. The molecule has 0 spiro atoms. The fourth-order valence-electron chi connectivity index (χ4n) is 2.27. The molecule has 0 radical (unpaired) electrons. The number of hydrogen-bond donors (Lipinski definition) is 1. The summed E-state index contributed by atoms with van der Waals surface area (Å²) in [4.78, 5) is 13.3. The first-order valence-electron chi connectivity index (χ1n) is 7.87. The van der Waals surface area contributed by atoms with E-state index in [1.165, 1.54) is 11.1 Å². The summed E-state index contributed by atoms with van der Waals surface area (Å²) in [7, 11) is 0. The lowest BCUT2D eigenvalue weighted by Crippen LogP contribution is -2.15. The predicted molar refractivity (Wildman–Crippen MR) is 100 cm³/mol. The Hall–Kier alpha value is -1.74. The van der Waals surface area contributed by atoms with Gasteiger partial charge in [0.25, 0.3) is 0 Å². The first-order chi connectivity index (χ1) is 10.8. The molecule has 122 valence electrons. The molecule has 0 saturated heterocycles. The van der Waals surface area contributed by atoms with Gasteiger partial charge >= 0.3 is 0 Å². The molecule has 0 bridgehead atoms. The molecule has 2 aromatic carbocycles. The number of thioether (sulfide) groups is 1. The Morgan fingerprint density at radius 1 is 1.04 bits per heavy atom. The second kappa shape index (κ2) is 7.22. The number of anilines is 1. The Morgan fingerprint density at radius 3 is 2.30 bits per heavy atom. The summed E-state index contributed by atoms with van der Waals surface area (Å²) in [6.45, 7) is 10.7. The molecular formula is C20H25NOS. The molecule has 3 heteroatoms. The van der Waals surface area contributed by atoms with Crippen molar-refractivity contribution in [2.75, 3.05) is 11.1 Å². The quantitative estimate of drug-likeness (QED) is 0.769. The van der Waals surface area contributed by atoms with Gasteiger partial charge in [-0.15, -0.1) is 11.8 Å². The minimum atomic E-state index is 0.0311. The van der Waals surface area contributed by atoms with Gasteiger partial charge in [-0.2, -0.15) is 0 Å². The summed E-state index contributed by atoms with van der Waals surface area (Å²) < 4.78 is 0. The SMILES string of the molecule is Cc1cccc(NC(=O)CSc2ccc(C(C)(C)C)cc2)c1C. The van der Waals surface area contributed by atoms with Crippen molar-refractivity contribution in [3.63, 3.8) is 0 Å². The lowest BCUT2D eigenvalue weighted by molar-refractivity contribution is -0.113. The molecule has 0 atom stereocenters. The van der Waals surface area contributed by atoms with Crippen molar-refractivity contribution >= 4 is 23.4 Å². The highest BCUT2D eigenvalue weighted by Crippen LogP contribution is 2.26. The van der Waals surface area contributed by atoms with Crippen molar-refractivity contribution in [2.45, 2.75) is 44.9 Å². The average molecular weight is 327 g/mol. The van der Waals surface area contributed by atoms with Crippen LogP contribution >= 0.6 is 11.8 Å². The van der Waals surface area contributed by atoms with Crippen LogP contribution in [-0.4, -0.2) is 11.7 Å². The van der Waals surface area contributed by atoms with Crippen LogP contribution in [0.5, 0.6) is 0 Å². The molecule has 0 heterocycles. The van der Waals surface area contributed by atoms with Gasteiger partial charge in [0.1, 0.15) is 0 Å². The summed E-state index contributed by atoms with van der Waals surface area (Å²) in [5.41, 5.74) is 4.68. The molecule has 2 rings (SSSR count). The maximum Gasteiger partial charge on any atom is 0.234 e. The van der Waals surface area contributed by atoms with Crippen LogP contribution in [0, 0.1) is 13.8 Å². The smallest absolute Gasteiger partial charge is 0.234 e. The zero-order chi connectivity index (χ0) is 17.0. The Morgan fingerprint density at radius 2 is 1.70 bits per heavy atom. The summed E-state index contributed by atoms with van der Waals surface area (Å²) >= 11 is 1.57. The zero-order valence-corrected chi connectivity index (χ0v) is 15.4. The van der Waals surface area contributed by atoms with Gasteiger partial charge < -0.3 is 5.32 Å². The minimum Gasteiger partial charge on any atom is -0.325 e. The molecule has 0 saturated carbocycles. The van der Waals surface area contributed by atoms with Crippen molar-refractivity contribution in [1.82, 2.24) is 0 Å².